The summed E-state index contributed by atoms with van der Waals surface area (Å²) in [6.07, 6.45) is 4.33. The van der Waals surface area contributed by atoms with Crippen molar-refractivity contribution in [1.29, 1.82) is 5.26 Å². The summed E-state index contributed by atoms with van der Waals surface area (Å²) in [5.74, 6) is 0.0967. The average molecular weight is 218 g/mol. The first-order valence-electron chi connectivity index (χ1n) is 5.99. The normalized spacial score (nSPS) is 35.1. The van der Waals surface area contributed by atoms with Gasteiger partial charge in [0.2, 0.25) is 11.8 Å². The van der Waals surface area contributed by atoms with Gasteiger partial charge in [-0.3, -0.25) is 14.5 Å². The van der Waals surface area contributed by atoms with Crippen LogP contribution in [-0.4, -0.2) is 22.8 Å². The van der Waals surface area contributed by atoms with Crippen LogP contribution >= 0.6 is 0 Å². The molecule has 1 heterocycles. The molecule has 0 spiro atoms. The second-order valence-electron chi connectivity index (χ2n) is 5.16. The van der Waals surface area contributed by atoms with Crippen LogP contribution in [0.5, 0.6) is 0 Å². The summed E-state index contributed by atoms with van der Waals surface area (Å²) < 4.78 is 0. The monoisotopic (exact) mass is 218 g/mol. The van der Waals surface area contributed by atoms with E-state index < -0.39 is 6.04 Å². The Morgan fingerprint density at radius 3 is 2.12 bits per heavy atom. The summed E-state index contributed by atoms with van der Waals surface area (Å²) in [4.78, 5) is 25.5. The first kappa shape index (κ1) is 9.83. The molecule has 1 aliphatic heterocycles. The maximum atomic E-state index is 12.1. The fourth-order valence-electron chi connectivity index (χ4n) is 2.99. The molecule has 0 aromatic heterocycles. The van der Waals surface area contributed by atoms with Crippen LogP contribution in [0.4, 0.5) is 0 Å². The minimum Gasteiger partial charge on any atom is -0.274 e. The molecular weight excluding hydrogens is 204 g/mol. The lowest BCUT2D eigenvalue weighted by Crippen LogP contribution is -2.51. The van der Waals surface area contributed by atoms with Gasteiger partial charge in [0.25, 0.3) is 0 Å². The van der Waals surface area contributed by atoms with Crippen molar-refractivity contribution in [3.8, 4) is 6.07 Å². The van der Waals surface area contributed by atoms with Crippen molar-refractivity contribution < 1.29 is 9.59 Å². The third-order valence-corrected chi connectivity index (χ3v) is 4.08. The van der Waals surface area contributed by atoms with Crippen molar-refractivity contribution in [3.63, 3.8) is 0 Å². The highest BCUT2D eigenvalue weighted by molar-refractivity contribution is 6.01. The van der Waals surface area contributed by atoms with Crippen molar-refractivity contribution in [2.24, 2.45) is 17.8 Å². The molecule has 2 bridgehead atoms. The second-order valence-corrected chi connectivity index (χ2v) is 5.16. The van der Waals surface area contributed by atoms with E-state index in [2.05, 4.69) is 6.07 Å². The molecule has 2 aliphatic carbocycles. The number of likely N-dealkylation sites (tertiary alicyclic amines) is 1. The van der Waals surface area contributed by atoms with Crippen molar-refractivity contribution in [3.05, 3.63) is 0 Å². The van der Waals surface area contributed by atoms with Gasteiger partial charge in [0.15, 0.2) is 0 Å². The van der Waals surface area contributed by atoms with Crippen molar-refractivity contribution in [2.45, 2.75) is 38.1 Å². The Morgan fingerprint density at radius 1 is 1.12 bits per heavy atom. The Balaban J connectivity index is 1.90. The third kappa shape index (κ3) is 1.27. The molecule has 2 amide bonds. The third-order valence-electron chi connectivity index (χ3n) is 4.08. The number of fused-ring (bicyclic) bond motifs is 2. The smallest absolute Gasteiger partial charge is 0.233 e. The predicted molar refractivity (Wildman–Crippen MR) is 54.8 cm³/mol. The Kier molecular flexibility index (Phi) is 2.03. The number of nitrogens with zero attached hydrogens (tertiary/aromatic N) is 2. The van der Waals surface area contributed by atoms with Gasteiger partial charge in [-0.2, -0.15) is 5.26 Å². The summed E-state index contributed by atoms with van der Waals surface area (Å²) in [7, 11) is 0. The number of nitriles is 1. The quantitative estimate of drug-likeness (QED) is 0.651. The number of piperidine rings is 1. The van der Waals surface area contributed by atoms with Crippen molar-refractivity contribution >= 4 is 11.8 Å². The van der Waals surface area contributed by atoms with Gasteiger partial charge in [-0.25, -0.2) is 0 Å². The van der Waals surface area contributed by atoms with Gasteiger partial charge in [-0.1, -0.05) is 0 Å². The number of amides is 2. The number of imide groups is 1. The molecule has 3 unspecified atom stereocenters. The highest BCUT2D eigenvalue weighted by Gasteiger charge is 2.50. The van der Waals surface area contributed by atoms with E-state index in [1.165, 1.54) is 4.90 Å². The lowest BCUT2D eigenvalue weighted by Gasteiger charge is -2.32. The molecule has 1 saturated heterocycles. The predicted octanol–water partition coefficient (Wildman–Crippen LogP) is 1.07. The first-order valence-corrected chi connectivity index (χ1v) is 5.99. The molecule has 0 aromatic carbocycles. The lowest BCUT2D eigenvalue weighted by molar-refractivity contribution is -0.154. The number of carbonyl (C=O) groups excluding carboxylic acids is 2. The maximum Gasteiger partial charge on any atom is 0.233 e. The summed E-state index contributed by atoms with van der Waals surface area (Å²) in [5, 5.41) is 9.12. The van der Waals surface area contributed by atoms with Crippen LogP contribution in [0.2, 0.25) is 0 Å². The molecule has 0 N–H and O–H groups in total. The minimum atomic E-state index is -0.483. The molecule has 3 atom stereocenters. The SMILES string of the molecule is N#CC(C1CC1)N1C(=O)C2CCC(C2)C1=O. The van der Waals surface area contributed by atoms with E-state index in [9.17, 15) is 9.59 Å². The zero-order valence-electron chi connectivity index (χ0n) is 9.06. The summed E-state index contributed by atoms with van der Waals surface area (Å²) in [6.45, 7) is 0. The van der Waals surface area contributed by atoms with E-state index in [-0.39, 0.29) is 29.6 Å². The van der Waals surface area contributed by atoms with Crippen LogP contribution in [0.25, 0.3) is 0 Å². The molecule has 3 fully saturated rings. The lowest BCUT2D eigenvalue weighted by atomic mass is 9.95. The van der Waals surface area contributed by atoms with E-state index in [0.717, 1.165) is 32.1 Å². The Morgan fingerprint density at radius 2 is 1.69 bits per heavy atom. The van der Waals surface area contributed by atoms with E-state index in [4.69, 9.17) is 5.26 Å². The molecule has 3 aliphatic rings. The van der Waals surface area contributed by atoms with Gasteiger partial charge in [0.1, 0.15) is 6.04 Å². The standard InChI is InChI=1S/C12H14N2O2/c13-6-10(7-1-2-7)14-11(15)8-3-4-9(5-8)12(14)16/h7-10H,1-5H2. The van der Waals surface area contributed by atoms with Crippen LogP contribution in [0.3, 0.4) is 0 Å². The number of carbonyl (C=O) groups is 2. The maximum absolute atomic E-state index is 12.1. The van der Waals surface area contributed by atoms with Gasteiger partial charge < -0.3 is 0 Å². The van der Waals surface area contributed by atoms with Crippen LogP contribution in [0.1, 0.15) is 32.1 Å². The van der Waals surface area contributed by atoms with E-state index in [0.29, 0.717) is 0 Å². The Labute approximate surface area is 94.2 Å². The highest BCUT2D eigenvalue weighted by atomic mass is 16.2. The molecular formula is C12H14N2O2. The number of hydrogen-bond acceptors (Lipinski definition) is 3. The molecule has 0 aromatic rings. The number of rotatable bonds is 2. The van der Waals surface area contributed by atoms with Crippen molar-refractivity contribution in [1.82, 2.24) is 4.90 Å². The summed E-state index contributed by atoms with van der Waals surface area (Å²) in [6, 6.07) is 1.66. The summed E-state index contributed by atoms with van der Waals surface area (Å²) in [5.41, 5.74) is 0. The zero-order valence-corrected chi connectivity index (χ0v) is 9.06. The Bertz CT molecular complexity index is 372. The van der Waals surface area contributed by atoms with E-state index in [1.54, 1.807) is 0 Å². The molecule has 4 nitrogen and oxygen atoms in total. The molecule has 4 heteroatoms. The fourth-order valence-corrected chi connectivity index (χ4v) is 2.99. The molecule has 2 saturated carbocycles. The van der Waals surface area contributed by atoms with E-state index >= 15 is 0 Å². The summed E-state index contributed by atoms with van der Waals surface area (Å²) >= 11 is 0. The second kappa shape index (κ2) is 3.31. The number of hydrogen-bond donors (Lipinski definition) is 0. The van der Waals surface area contributed by atoms with Crippen LogP contribution in [0, 0.1) is 29.1 Å². The fraction of sp³-hybridized carbons (Fsp3) is 0.750. The topological polar surface area (TPSA) is 61.2 Å². The van der Waals surface area contributed by atoms with Crippen molar-refractivity contribution in [2.75, 3.05) is 0 Å². The van der Waals surface area contributed by atoms with E-state index in [1.807, 2.05) is 0 Å². The average Bonchev–Trinajstić information content (AvgIpc) is 3.00. The first-order chi connectivity index (χ1) is 7.72. The molecule has 16 heavy (non-hydrogen) atoms. The van der Waals surface area contributed by atoms with Gasteiger partial charge in [0.05, 0.1) is 6.07 Å². The van der Waals surface area contributed by atoms with Gasteiger partial charge in [-0.15, -0.1) is 0 Å². The molecule has 3 rings (SSSR count). The van der Waals surface area contributed by atoms with Crippen LogP contribution < -0.4 is 0 Å². The van der Waals surface area contributed by atoms with Gasteiger partial charge in [0, 0.05) is 11.8 Å². The Hall–Kier alpha value is -1.37. The molecule has 0 radical (unpaired) electrons. The highest BCUT2D eigenvalue weighted by Crippen LogP contribution is 2.42. The minimum absolute atomic E-state index is 0.0114. The van der Waals surface area contributed by atoms with Crippen LogP contribution in [0.15, 0.2) is 0 Å². The van der Waals surface area contributed by atoms with Crippen LogP contribution in [-0.2, 0) is 9.59 Å². The van der Waals surface area contributed by atoms with Gasteiger partial charge >= 0.3 is 0 Å². The largest absolute Gasteiger partial charge is 0.274 e. The van der Waals surface area contributed by atoms with Gasteiger partial charge in [-0.05, 0) is 38.0 Å². The zero-order chi connectivity index (χ0) is 11.3. The molecule has 84 valence electrons.